The summed E-state index contributed by atoms with van der Waals surface area (Å²) in [7, 11) is -2.68. The molecule has 2 aromatic carbocycles. The number of hydrogen-bond donors (Lipinski definition) is 1. The molecule has 3 rings (SSSR count). The average molecular weight is 439 g/mol. The van der Waals surface area contributed by atoms with E-state index in [1.807, 2.05) is 38.1 Å². The first kappa shape index (κ1) is 21.4. The molecule has 0 atom stereocenters. The van der Waals surface area contributed by atoms with E-state index in [0.717, 1.165) is 11.4 Å². The number of carbonyl (C=O) groups is 1. The van der Waals surface area contributed by atoms with E-state index in [9.17, 15) is 13.2 Å². The van der Waals surface area contributed by atoms with Crippen LogP contribution in [0.15, 0.2) is 47.4 Å². The Morgan fingerprint density at radius 3 is 2.62 bits per heavy atom. The van der Waals surface area contributed by atoms with Gasteiger partial charge in [0.2, 0.25) is 0 Å². The van der Waals surface area contributed by atoms with E-state index >= 15 is 0 Å². The first-order chi connectivity index (χ1) is 13.7. The summed E-state index contributed by atoms with van der Waals surface area (Å²) in [6, 6.07) is 11.8. The highest BCUT2D eigenvalue weighted by Crippen LogP contribution is 2.35. The predicted molar refractivity (Wildman–Crippen MR) is 112 cm³/mol. The quantitative estimate of drug-likeness (QED) is 0.524. The van der Waals surface area contributed by atoms with Crippen LogP contribution in [0.4, 0.5) is 11.4 Å². The molecular formula is C20H23ClN2O5S. The Kier molecular flexibility index (Phi) is 6.07. The van der Waals surface area contributed by atoms with Crippen molar-refractivity contribution >= 4 is 39.0 Å². The van der Waals surface area contributed by atoms with E-state index in [-0.39, 0.29) is 28.2 Å². The van der Waals surface area contributed by atoms with Crippen molar-refractivity contribution in [2.75, 3.05) is 30.5 Å². The summed E-state index contributed by atoms with van der Waals surface area (Å²) in [4.78, 5) is 14.3. The highest BCUT2D eigenvalue weighted by Gasteiger charge is 2.38. The number of carbonyl (C=O) groups excluding carboxylic acids is 1. The van der Waals surface area contributed by atoms with Crippen molar-refractivity contribution in [2.24, 2.45) is 0 Å². The highest BCUT2D eigenvalue weighted by atomic mass is 35.5. The van der Waals surface area contributed by atoms with Gasteiger partial charge < -0.3 is 15.0 Å². The standard InChI is InChI=1S/C20H23ClN2O5S/c1-20(2)19(24)23(16-8-5-4-7-15(16)22-20)11-6-12-28-29(25,26)18-13-14(21)9-10-17(18)27-3/h4-5,7-10,13,22H,6,11-12H2,1-3H3. The Labute approximate surface area is 175 Å². The topological polar surface area (TPSA) is 84.9 Å². The summed E-state index contributed by atoms with van der Waals surface area (Å²) in [6.07, 6.45) is 0.332. The van der Waals surface area contributed by atoms with Crippen LogP contribution in [-0.2, 0) is 19.1 Å². The molecule has 0 unspecified atom stereocenters. The molecular weight excluding hydrogens is 416 g/mol. The predicted octanol–water partition coefficient (Wildman–Crippen LogP) is 3.68. The molecule has 0 radical (unpaired) electrons. The third-order valence-corrected chi connectivity index (χ3v) is 6.15. The Morgan fingerprint density at radius 1 is 1.17 bits per heavy atom. The van der Waals surface area contributed by atoms with E-state index < -0.39 is 15.7 Å². The van der Waals surface area contributed by atoms with Crippen LogP contribution in [0.25, 0.3) is 0 Å². The molecule has 1 aliphatic heterocycles. The number of fused-ring (bicyclic) bond motifs is 1. The van der Waals surface area contributed by atoms with Crippen LogP contribution in [0.2, 0.25) is 5.02 Å². The number of ether oxygens (including phenoxy) is 1. The van der Waals surface area contributed by atoms with Crippen LogP contribution in [0.5, 0.6) is 5.75 Å². The molecule has 0 bridgehead atoms. The molecule has 0 aliphatic carbocycles. The van der Waals surface area contributed by atoms with Crippen molar-refractivity contribution < 1.29 is 22.1 Å². The molecule has 1 N–H and O–H groups in total. The van der Waals surface area contributed by atoms with E-state index in [4.69, 9.17) is 20.5 Å². The SMILES string of the molecule is COc1ccc(Cl)cc1S(=O)(=O)OCCCN1C(=O)C(C)(C)Nc2ccccc21. The van der Waals surface area contributed by atoms with Gasteiger partial charge >= 0.3 is 10.1 Å². The van der Waals surface area contributed by atoms with E-state index in [1.165, 1.54) is 25.3 Å². The average Bonchev–Trinajstić information content (AvgIpc) is 2.67. The van der Waals surface area contributed by atoms with Crippen molar-refractivity contribution in [3.05, 3.63) is 47.5 Å². The van der Waals surface area contributed by atoms with Crippen LogP contribution in [0.1, 0.15) is 20.3 Å². The normalized spacial score (nSPS) is 15.6. The van der Waals surface area contributed by atoms with E-state index in [0.29, 0.717) is 13.0 Å². The number of amides is 1. The van der Waals surface area contributed by atoms with Gasteiger partial charge in [0.15, 0.2) is 0 Å². The zero-order chi connectivity index (χ0) is 21.2. The van der Waals surface area contributed by atoms with Gasteiger partial charge in [-0.15, -0.1) is 0 Å². The van der Waals surface area contributed by atoms with Crippen molar-refractivity contribution in [2.45, 2.75) is 30.7 Å². The van der Waals surface area contributed by atoms with Crippen LogP contribution >= 0.6 is 11.6 Å². The maximum absolute atomic E-state index is 12.8. The summed E-state index contributed by atoms with van der Waals surface area (Å²) in [5.41, 5.74) is 0.862. The van der Waals surface area contributed by atoms with Crippen molar-refractivity contribution in [1.29, 1.82) is 0 Å². The number of benzene rings is 2. The lowest BCUT2D eigenvalue weighted by molar-refractivity contribution is -0.122. The zero-order valence-corrected chi connectivity index (χ0v) is 18.0. The van der Waals surface area contributed by atoms with Gasteiger partial charge in [-0.25, -0.2) is 0 Å². The van der Waals surface area contributed by atoms with Gasteiger partial charge in [0.25, 0.3) is 5.91 Å². The molecule has 29 heavy (non-hydrogen) atoms. The van der Waals surface area contributed by atoms with E-state index in [1.54, 1.807) is 4.90 Å². The molecule has 0 spiro atoms. The summed E-state index contributed by atoms with van der Waals surface area (Å²) >= 11 is 5.91. The summed E-state index contributed by atoms with van der Waals surface area (Å²) < 4.78 is 35.3. The first-order valence-corrected chi connectivity index (χ1v) is 10.9. The maximum atomic E-state index is 12.8. The fraction of sp³-hybridized carbons (Fsp3) is 0.350. The number of hydrogen-bond acceptors (Lipinski definition) is 6. The highest BCUT2D eigenvalue weighted by molar-refractivity contribution is 7.86. The molecule has 2 aromatic rings. The number of halogens is 1. The third kappa shape index (κ3) is 4.49. The molecule has 0 fully saturated rings. The lowest BCUT2D eigenvalue weighted by Crippen LogP contribution is -2.54. The first-order valence-electron chi connectivity index (χ1n) is 9.08. The second kappa shape index (κ2) is 8.22. The molecule has 7 nitrogen and oxygen atoms in total. The number of methoxy groups -OCH3 is 1. The summed E-state index contributed by atoms with van der Waals surface area (Å²) in [5, 5.41) is 3.49. The number of rotatable bonds is 7. The van der Waals surface area contributed by atoms with Gasteiger partial charge in [0, 0.05) is 11.6 Å². The molecule has 156 valence electrons. The maximum Gasteiger partial charge on any atom is 0.300 e. The second-order valence-corrected chi connectivity index (χ2v) is 9.17. The van der Waals surface area contributed by atoms with Crippen LogP contribution in [0, 0.1) is 0 Å². The zero-order valence-electron chi connectivity index (χ0n) is 16.4. The minimum Gasteiger partial charge on any atom is -0.495 e. The lowest BCUT2D eigenvalue weighted by Gasteiger charge is -2.40. The number of nitrogens with zero attached hydrogens (tertiary/aromatic N) is 1. The van der Waals surface area contributed by atoms with Gasteiger partial charge in [-0.05, 0) is 50.6 Å². The van der Waals surface area contributed by atoms with Gasteiger partial charge in [-0.3, -0.25) is 8.98 Å². The lowest BCUT2D eigenvalue weighted by atomic mass is 9.98. The Morgan fingerprint density at radius 2 is 1.90 bits per heavy atom. The number of anilines is 2. The largest absolute Gasteiger partial charge is 0.495 e. The minimum atomic E-state index is -4.05. The number of para-hydroxylation sites is 2. The molecule has 1 aliphatic rings. The van der Waals surface area contributed by atoms with Crippen molar-refractivity contribution in [3.8, 4) is 5.75 Å². The van der Waals surface area contributed by atoms with Crippen LogP contribution in [0.3, 0.4) is 0 Å². The monoisotopic (exact) mass is 438 g/mol. The van der Waals surface area contributed by atoms with Gasteiger partial charge in [-0.1, -0.05) is 23.7 Å². The fourth-order valence-electron chi connectivity index (χ4n) is 3.17. The molecule has 0 saturated carbocycles. The van der Waals surface area contributed by atoms with Crippen LogP contribution < -0.4 is 15.0 Å². The Bertz CT molecular complexity index is 1020. The summed E-state index contributed by atoms with van der Waals surface area (Å²) in [5.74, 6) is 0.0675. The fourth-order valence-corrected chi connectivity index (χ4v) is 4.54. The third-order valence-electron chi connectivity index (χ3n) is 4.58. The minimum absolute atomic E-state index is 0.0855. The van der Waals surface area contributed by atoms with Crippen molar-refractivity contribution in [3.63, 3.8) is 0 Å². The van der Waals surface area contributed by atoms with Gasteiger partial charge in [-0.2, -0.15) is 8.42 Å². The van der Waals surface area contributed by atoms with E-state index in [2.05, 4.69) is 5.32 Å². The molecule has 0 aromatic heterocycles. The number of nitrogens with one attached hydrogen (secondary N) is 1. The smallest absolute Gasteiger partial charge is 0.300 e. The molecule has 1 amide bonds. The van der Waals surface area contributed by atoms with Crippen molar-refractivity contribution in [1.82, 2.24) is 0 Å². The molecule has 0 saturated heterocycles. The second-order valence-electron chi connectivity index (χ2n) is 7.15. The van der Waals surface area contributed by atoms with Gasteiger partial charge in [0.05, 0.1) is 25.1 Å². The summed E-state index contributed by atoms with van der Waals surface area (Å²) in [6.45, 7) is 3.86. The molecule has 1 heterocycles. The van der Waals surface area contributed by atoms with Crippen LogP contribution in [-0.4, -0.2) is 40.1 Å². The Balaban J connectivity index is 1.69. The Hall–Kier alpha value is -2.29. The van der Waals surface area contributed by atoms with Gasteiger partial charge in [0.1, 0.15) is 16.2 Å². The molecule has 9 heteroatoms.